The Kier molecular flexibility index (Phi) is 4.19. The van der Waals surface area contributed by atoms with Crippen molar-refractivity contribution in [1.82, 2.24) is 4.98 Å². The van der Waals surface area contributed by atoms with Crippen LogP contribution in [0.1, 0.15) is 22.4 Å². The van der Waals surface area contributed by atoms with Gasteiger partial charge in [-0.25, -0.2) is 4.98 Å². The number of methoxy groups -OCH3 is 1. The highest BCUT2D eigenvalue weighted by Crippen LogP contribution is 2.23. The SMILES string of the molecule is COC(=O)CC(O)C(O)c1ncc(C)s1. The fraction of sp³-hybridized carbons (Fsp3) is 0.556. The van der Waals surface area contributed by atoms with Gasteiger partial charge in [0.25, 0.3) is 0 Å². The van der Waals surface area contributed by atoms with Crippen molar-refractivity contribution in [2.75, 3.05) is 7.11 Å². The lowest BCUT2D eigenvalue weighted by atomic mass is 10.1. The maximum absolute atomic E-state index is 10.9. The van der Waals surface area contributed by atoms with E-state index in [9.17, 15) is 15.0 Å². The molecule has 0 spiro atoms. The van der Waals surface area contributed by atoms with Crippen molar-refractivity contribution < 1.29 is 19.7 Å². The quantitative estimate of drug-likeness (QED) is 0.734. The predicted octanol–water partition coefficient (Wildman–Crippen LogP) is 0.409. The Morgan fingerprint density at radius 1 is 1.67 bits per heavy atom. The third-order valence-corrected chi connectivity index (χ3v) is 2.84. The molecular formula is C9H13NO4S. The molecule has 6 heteroatoms. The van der Waals surface area contributed by atoms with Gasteiger partial charge in [0.05, 0.1) is 19.6 Å². The number of esters is 1. The highest BCUT2D eigenvalue weighted by atomic mass is 32.1. The van der Waals surface area contributed by atoms with Crippen LogP contribution in [0.15, 0.2) is 6.20 Å². The molecule has 0 radical (unpaired) electrons. The maximum atomic E-state index is 10.9. The molecule has 0 amide bonds. The van der Waals surface area contributed by atoms with E-state index in [1.54, 1.807) is 6.20 Å². The fourth-order valence-electron chi connectivity index (χ4n) is 1.04. The van der Waals surface area contributed by atoms with Crippen LogP contribution < -0.4 is 0 Å². The van der Waals surface area contributed by atoms with Gasteiger partial charge in [0.15, 0.2) is 0 Å². The summed E-state index contributed by atoms with van der Waals surface area (Å²) in [7, 11) is 1.23. The molecule has 1 aromatic rings. The number of hydrogen-bond donors (Lipinski definition) is 2. The van der Waals surface area contributed by atoms with E-state index >= 15 is 0 Å². The van der Waals surface area contributed by atoms with E-state index in [1.807, 2.05) is 6.92 Å². The largest absolute Gasteiger partial charge is 0.469 e. The summed E-state index contributed by atoms with van der Waals surface area (Å²) in [5, 5.41) is 19.5. The Balaban J connectivity index is 2.60. The molecule has 0 fully saturated rings. The molecule has 0 saturated heterocycles. The van der Waals surface area contributed by atoms with Gasteiger partial charge in [-0.2, -0.15) is 0 Å². The van der Waals surface area contributed by atoms with E-state index in [1.165, 1.54) is 18.4 Å². The van der Waals surface area contributed by atoms with Crippen LogP contribution in [0.3, 0.4) is 0 Å². The van der Waals surface area contributed by atoms with E-state index in [0.29, 0.717) is 5.01 Å². The molecule has 84 valence electrons. The van der Waals surface area contributed by atoms with E-state index in [-0.39, 0.29) is 6.42 Å². The van der Waals surface area contributed by atoms with Crippen LogP contribution in [0.25, 0.3) is 0 Å². The predicted molar refractivity (Wildman–Crippen MR) is 54.5 cm³/mol. The first kappa shape index (κ1) is 12.1. The normalized spacial score (nSPS) is 14.7. The van der Waals surface area contributed by atoms with Gasteiger partial charge < -0.3 is 14.9 Å². The van der Waals surface area contributed by atoms with Crippen molar-refractivity contribution in [3.63, 3.8) is 0 Å². The zero-order valence-corrected chi connectivity index (χ0v) is 9.32. The highest BCUT2D eigenvalue weighted by molar-refractivity contribution is 7.11. The van der Waals surface area contributed by atoms with Crippen molar-refractivity contribution in [1.29, 1.82) is 0 Å². The number of carbonyl (C=O) groups is 1. The van der Waals surface area contributed by atoms with E-state index in [2.05, 4.69) is 9.72 Å². The minimum atomic E-state index is -1.18. The number of aliphatic hydroxyl groups is 2. The minimum Gasteiger partial charge on any atom is -0.469 e. The second-order valence-corrected chi connectivity index (χ2v) is 4.37. The zero-order valence-electron chi connectivity index (χ0n) is 8.51. The smallest absolute Gasteiger partial charge is 0.308 e. The van der Waals surface area contributed by atoms with Crippen LogP contribution in [-0.2, 0) is 9.53 Å². The Hall–Kier alpha value is -0.980. The van der Waals surface area contributed by atoms with Crippen molar-refractivity contribution >= 4 is 17.3 Å². The standard InChI is InChI=1S/C9H13NO4S/c1-5-4-10-9(15-5)8(13)6(11)3-7(12)14-2/h4,6,8,11,13H,3H2,1-2H3. The van der Waals surface area contributed by atoms with Crippen LogP contribution in [0.2, 0.25) is 0 Å². The number of aromatic nitrogens is 1. The van der Waals surface area contributed by atoms with Gasteiger partial charge in [-0.1, -0.05) is 0 Å². The number of ether oxygens (including phenoxy) is 1. The summed E-state index contributed by atoms with van der Waals surface area (Å²) in [6.45, 7) is 1.85. The van der Waals surface area contributed by atoms with Gasteiger partial charge in [-0.05, 0) is 6.92 Å². The first-order valence-corrected chi connectivity index (χ1v) is 5.21. The molecule has 1 aromatic heterocycles. The first-order valence-electron chi connectivity index (χ1n) is 4.40. The molecule has 1 rings (SSSR count). The number of carbonyl (C=O) groups excluding carboxylic acids is 1. The van der Waals surface area contributed by atoms with Crippen LogP contribution >= 0.6 is 11.3 Å². The summed E-state index contributed by atoms with van der Waals surface area (Å²) in [5.74, 6) is -0.560. The Morgan fingerprint density at radius 3 is 2.80 bits per heavy atom. The Bertz CT molecular complexity index is 339. The monoisotopic (exact) mass is 231 g/mol. The fourth-order valence-corrected chi connectivity index (χ4v) is 1.86. The van der Waals surface area contributed by atoms with Crippen LogP contribution in [0, 0.1) is 6.92 Å². The molecule has 2 N–H and O–H groups in total. The summed E-state index contributed by atoms with van der Waals surface area (Å²) in [6, 6.07) is 0. The second-order valence-electron chi connectivity index (χ2n) is 3.10. The summed E-state index contributed by atoms with van der Waals surface area (Å²) >= 11 is 1.29. The van der Waals surface area contributed by atoms with E-state index < -0.39 is 18.2 Å². The lowest BCUT2D eigenvalue weighted by molar-refractivity contribution is -0.144. The van der Waals surface area contributed by atoms with Crippen molar-refractivity contribution in [2.24, 2.45) is 0 Å². The second kappa shape index (κ2) is 5.20. The molecule has 2 unspecified atom stereocenters. The molecule has 0 aliphatic rings. The van der Waals surface area contributed by atoms with E-state index in [4.69, 9.17) is 0 Å². The number of thiazole rings is 1. The molecule has 2 atom stereocenters. The molecule has 1 heterocycles. The number of rotatable bonds is 4. The van der Waals surface area contributed by atoms with Gasteiger partial charge in [0.1, 0.15) is 11.1 Å². The lowest BCUT2D eigenvalue weighted by Crippen LogP contribution is -2.22. The van der Waals surface area contributed by atoms with Gasteiger partial charge in [0.2, 0.25) is 0 Å². The van der Waals surface area contributed by atoms with Gasteiger partial charge >= 0.3 is 5.97 Å². The van der Waals surface area contributed by atoms with Crippen LogP contribution in [-0.4, -0.2) is 34.4 Å². The van der Waals surface area contributed by atoms with Crippen LogP contribution in [0.4, 0.5) is 0 Å². The molecular weight excluding hydrogens is 218 g/mol. The van der Waals surface area contributed by atoms with Gasteiger partial charge in [0, 0.05) is 11.1 Å². The number of hydrogen-bond acceptors (Lipinski definition) is 6. The Labute approximate surface area is 91.3 Å². The molecule has 0 saturated carbocycles. The summed E-state index contributed by atoms with van der Waals surface area (Å²) in [6.07, 6.45) is -0.949. The average Bonchev–Trinajstić information content (AvgIpc) is 2.63. The number of nitrogens with zero attached hydrogens (tertiary/aromatic N) is 1. The zero-order chi connectivity index (χ0) is 11.4. The van der Waals surface area contributed by atoms with Crippen LogP contribution in [0.5, 0.6) is 0 Å². The van der Waals surface area contributed by atoms with Gasteiger partial charge in [-0.15, -0.1) is 11.3 Å². The third-order valence-electron chi connectivity index (χ3n) is 1.86. The summed E-state index contributed by atoms with van der Waals surface area (Å²) in [4.78, 5) is 15.7. The molecule has 0 bridgehead atoms. The number of aliphatic hydroxyl groups excluding tert-OH is 2. The molecule has 15 heavy (non-hydrogen) atoms. The Morgan fingerprint density at radius 2 is 2.33 bits per heavy atom. The first-order chi connectivity index (χ1) is 7.04. The van der Waals surface area contributed by atoms with Crippen molar-refractivity contribution in [3.8, 4) is 0 Å². The minimum absolute atomic E-state index is 0.240. The maximum Gasteiger partial charge on any atom is 0.308 e. The summed E-state index contributed by atoms with van der Waals surface area (Å²) < 4.78 is 4.39. The highest BCUT2D eigenvalue weighted by Gasteiger charge is 2.23. The number of aryl methyl sites for hydroxylation is 1. The molecule has 0 aromatic carbocycles. The molecule has 5 nitrogen and oxygen atoms in total. The van der Waals surface area contributed by atoms with Crippen molar-refractivity contribution in [2.45, 2.75) is 25.6 Å². The third kappa shape index (κ3) is 3.26. The average molecular weight is 231 g/mol. The summed E-state index contributed by atoms with van der Waals surface area (Å²) in [5.41, 5.74) is 0. The molecule has 0 aliphatic heterocycles. The van der Waals surface area contributed by atoms with E-state index in [0.717, 1.165) is 4.88 Å². The lowest BCUT2D eigenvalue weighted by Gasteiger charge is -2.13. The topological polar surface area (TPSA) is 79.7 Å². The molecule has 0 aliphatic carbocycles. The van der Waals surface area contributed by atoms with Gasteiger partial charge in [-0.3, -0.25) is 4.79 Å². The van der Waals surface area contributed by atoms with Crippen molar-refractivity contribution in [3.05, 3.63) is 16.1 Å².